The van der Waals surface area contributed by atoms with E-state index in [0.717, 1.165) is 45.6 Å². The SMILES string of the molecule is c1cc(Cn2ccnc2)nc(C[n+]2ccn(Cc3cccc(-c4cccc(Cn5cc[n+](Cc6cccc(Cn7ccnc7)n6)c5)n4)n3)c2)c1. The molecule has 0 aliphatic heterocycles. The molecule has 12 heteroatoms. The Balaban J connectivity index is 0.891. The number of pyridine rings is 4. The zero-order valence-electron chi connectivity index (χ0n) is 27.5. The van der Waals surface area contributed by atoms with Crippen LogP contribution in [-0.4, -0.2) is 48.2 Å². The molecule has 8 rings (SSSR count). The average molecular weight is 661 g/mol. The van der Waals surface area contributed by atoms with Crippen LogP contribution in [0.2, 0.25) is 0 Å². The fourth-order valence-electron chi connectivity index (χ4n) is 5.97. The standard InChI is InChI=1S/C38H36N12/c1-5-31(21-45-15-13-39-27-45)41-33(7-1)23-47-17-19-49(29-47)25-35-9-3-11-37(43-35)38-12-4-10-36(44-38)26-50-20-18-48(30-50)24-34-8-2-6-32(42-34)22-46-16-14-40-28-46/h1-20,27-30H,21-26H2/q+2. The van der Waals surface area contributed by atoms with Crippen LogP contribution in [0.25, 0.3) is 11.4 Å². The first-order valence-electron chi connectivity index (χ1n) is 16.5. The van der Waals surface area contributed by atoms with Crippen molar-refractivity contribution in [2.24, 2.45) is 0 Å². The van der Waals surface area contributed by atoms with Gasteiger partial charge in [-0.3, -0.25) is 9.97 Å². The second kappa shape index (κ2) is 14.3. The van der Waals surface area contributed by atoms with Gasteiger partial charge in [-0.25, -0.2) is 38.2 Å². The van der Waals surface area contributed by atoms with Crippen LogP contribution in [0.4, 0.5) is 0 Å². The molecule has 8 aromatic rings. The fourth-order valence-corrected chi connectivity index (χ4v) is 5.97. The Bertz CT molecular complexity index is 2140. The average Bonchev–Trinajstić information content (AvgIpc) is 3.97. The van der Waals surface area contributed by atoms with Gasteiger partial charge in [-0.1, -0.05) is 24.3 Å². The first-order chi connectivity index (χ1) is 24.7. The molecule has 246 valence electrons. The molecule has 0 N–H and O–H groups in total. The normalized spacial score (nSPS) is 11.3. The molecule has 0 bridgehead atoms. The van der Waals surface area contributed by atoms with Crippen molar-refractivity contribution in [1.82, 2.24) is 48.2 Å². The molecule has 50 heavy (non-hydrogen) atoms. The molecule has 0 radical (unpaired) electrons. The maximum atomic E-state index is 4.97. The molecular weight excluding hydrogens is 625 g/mol. The summed E-state index contributed by atoms with van der Waals surface area (Å²) in [6.45, 7) is 4.08. The van der Waals surface area contributed by atoms with Gasteiger partial charge in [-0.2, -0.15) is 0 Å². The molecule has 0 fully saturated rings. The fraction of sp³-hybridized carbons (Fsp3) is 0.158. The summed E-state index contributed by atoms with van der Waals surface area (Å²) in [5, 5.41) is 0. The number of imidazole rings is 4. The largest absolute Gasteiger partial charge is 0.331 e. The van der Waals surface area contributed by atoms with Crippen molar-refractivity contribution in [3.63, 3.8) is 0 Å². The quantitative estimate of drug-likeness (QED) is 0.174. The van der Waals surface area contributed by atoms with Crippen molar-refractivity contribution in [3.05, 3.63) is 182 Å². The zero-order valence-corrected chi connectivity index (χ0v) is 27.5. The molecule has 0 spiro atoms. The number of hydrogen-bond donors (Lipinski definition) is 0. The van der Waals surface area contributed by atoms with Crippen LogP contribution in [-0.2, 0) is 39.3 Å². The minimum atomic E-state index is 0.652. The summed E-state index contributed by atoms with van der Waals surface area (Å²) in [6, 6.07) is 24.6. The van der Waals surface area contributed by atoms with Crippen LogP contribution in [0.5, 0.6) is 0 Å². The smallest absolute Gasteiger partial charge is 0.244 e. The Labute approximate surface area is 289 Å². The lowest BCUT2D eigenvalue weighted by Crippen LogP contribution is -2.32. The highest BCUT2D eigenvalue weighted by Crippen LogP contribution is 2.16. The predicted molar refractivity (Wildman–Crippen MR) is 184 cm³/mol. The number of hydrogen-bond acceptors (Lipinski definition) is 6. The Morgan fingerprint density at radius 1 is 0.420 bits per heavy atom. The monoisotopic (exact) mass is 660 g/mol. The first kappa shape index (κ1) is 30.8. The molecule has 0 amide bonds. The van der Waals surface area contributed by atoms with Gasteiger partial charge in [0.1, 0.15) is 51.0 Å². The Kier molecular flexibility index (Phi) is 8.78. The van der Waals surface area contributed by atoms with Crippen LogP contribution >= 0.6 is 0 Å². The summed E-state index contributed by atoms with van der Waals surface area (Å²) in [7, 11) is 0. The van der Waals surface area contributed by atoms with Crippen molar-refractivity contribution in [2.75, 3.05) is 0 Å². The summed E-state index contributed by atoms with van der Waals surface area (Å²) < 4.78 is 12.6. The van der Waals surface area contributed by atoms with E-state index in [-0.39, 0.29) is 0 Å². The molecule has 0 aromatic carbocycles. The van der Waals surface area contributed by atoms with Crippen LogP contribution in [0.15, 0.2) is 148 Å². The summed E-state index contributed by atoms with van der Waals surface area (Å²) in [5.74, 6) is 0. The summed E-state index contributed by atoms with van der Waals surface area (Å²) in [4.78, 5) is 27.9. The minimum Gasteiger partial charge on any atom is -0.331 e. The molecule has 0 saturated carbocycles. The van der Waals surface area contributed by atoms with Gasteiger partial charge < -0.3 is 9.13 Å². The summed E-state index contributed by atoms with van der Waals surface area (Å²) in [6.07, 6.45) is 23.5. The Morgan fingerprint density at radius 2 is 0.820 bits per heavy atom. The molecular formula is C38H36N12+2. The second-order valence-corrected chi connectivity index (χ2v) is 12.3. The first-order valence-corrected chi connectivity index (χ1v) is 16.5. The lowest BCUT2D eigenvalue weighted by molar-refractivity contribution is -0.688. The molecule has 0 unspecified atom stereocenters. The predicted octanol–water partition coefficient (Wildman–Crippen LogP) is 3.79. The minimum absolute atomic E-state index is 0.652. The van der Waals surface area contributed by atoms with Gasteiger partial charge in [-0.05, 0) is 48.5 Å². The number of nitrogens with zero attached hydrogens (tertiary/aromatic N) is 12. The third kappa shape index (κ3) is 7.76. The van der Waals surface area contributed by atoms with E-state index in [1.165, 1.54) is 0 Å². The third-order valence-corrected chi connectivity index (χ3v) is 8.28. The van der Waals surface area contributed by atoms with E-state index in [2.05, 4.69) is 102 Å². The van der Waals surface area contributed by atoms with Crippen molar-refractivity contribution >= 4 is 0 Å². The topological polar surface area (TPSA) is 105 Å². The van der Waals surface area contributed by atoms with Gasteiger partial charge in [0.2, 0.25) is 12.7 Å². The van der Waals surface area contributed by atoms with E-state index in [0.29, 0.717) is 39.3 Å². The zero-order chi connectivity index (χ0) is 33.5. The Hall–Kier alpha value is -6.56. The van der Waals surface area contributed by atoms with E-state index in [9.17, 15) is 0 Å². The molecule has 0 aliphatic carbocycles. The highest BCUT2D eigenvalue weighted by atomic mass is 15.1. The van der Waals surface area contributed by atoms with E-state index in [4.69, 9.17) is 19.9 Å². The van der Waals surface area contributed by atoms with Crippen LogP contribution < -0.4 is 9.13 Å². The molecule has 8 heterocycles. The second-order valence-electron chi connectivity index (χ2n) is 12.3. The van der Waals surface area contributed by atoms with Crippen molar-refractivity contribution in [3.8, 4) is 11.4 Å². The van der Waals surface area contributed by atoms with Gasteiger partial charge in [0, 0.05) is 24.8 Å². The van der Waals surface area contributed by atoms with Gasteiger partial charge in [0.25, 0.3) is 0 Å². The summed E-state index contributed by atoms with van der Waals surface area (Å²) in [5.41, 5.74) is 7.67. The van der Waals surface area contributed by atoms with Crippen molar-refractivity contribution in [1.29, 1.82) is 0 Å². The van der Waals surface area contributed by atoms with Crippen molar-refractivity contribution in [2.45, 2.75) is 39.3 Å². The highest BCUT2D eigenvalue weighted by Gasteiger charge is 2.12. The van der Waals surface area contributed by atoms with E-state index in [1.807, 2.05) is 70.6 Å². The van der Waals surface area contributed by atoms with Crippen LogP contribution in [0.3, 0.4) is 0 Å². The van der Waals surface area contributed by atoms with E-state index < -0.39 is 0 Å². The third-order valence-electron chi connectivity index (χ3n) is 8.28. The lowest BCUT2D eigenvalue weighted by Gasteiger charge is -2.05. The lowest BCUT2D eigenvalue weighted by atomic mass is 10.2. The highest BCUT2D eigenvalue weighted by molar-refractivity contribution is 5.54. The van der Waals surface area contributed by atoms with Gasteiger partial charge in [-0.15, -0.1) is 0 Å². The van der Waals surface area contributed by atoms with Crippen molar-refractivity contribution < 1.29 is 9.13 Å². The molecule has 12 nitrogen and oxygen atoms in total. The van der Waals surface area contributed by atoms with Crippen LogP contribution in [0, 0.1) is 0 Å². The molecule has 0 saturated heterocycles. The van der Waals surface area contributed by atoms with E-state index in [1.54, 1.807) is 12.4 Å². The molecule has 0 atom stereocenters. The van der Waals surface area contributed by atoms with Gasteiger partial charge in [0.15, 0.2) is 0 Å². The van der Waals surface area contributed by atoms with Gasteiger partial charge >= 0.3 is 0 Å². The van der Waals surface area contributed by atoms with Gasteiger partial charge in [0.05, 0.1) is 71.3 Å². The molecule has 8 aromatic heterocycles. The molecule has 0 aliphatic rings. The Morgan fingerprint density at radius 3 is 1.26 bits per heavy atom. The summed E-state index contributed by atoms with van der Waals surface area (Å²) >= 11 is 0. The number of rotatable bonds is 13. The van der Waals surface area contributed by atoms with Crippen LogP contribution in [0.1, 0.15) is 34.2 Å². The maximum absolute atomic E-state index is 4.97. The number of aromatic nitrogens is 12. The van der Waals surface area contributed by atoms with E-state index >= 15 is 0 Å². The maximum Gasteiger partial charge on any atom is 0.244 e.